The Balaban J connectivity index is 3.03. The van der Waals surface area contributed by atoms with Crippen molar-refractivity contribution < 1.29 is 14.3 Å². The topological polar surface area (TPSA) is 61.5 Å². The van der Waals surface area contributed by atoms with Crippen LogP contribution in [0.2, 0.25) is 0 Å². The number of carbonyl (C=O) groups excluding carboxylic acids is 1. The largest absolute Gasteiger partial charge is 0.493 e. The van der Waals surface area contributed by atoms with Gasteiger partial charge in [-0.2, -0.15) is 0 Å². The van der Waals surface area contributed by atoms with E-state index in [4.69, 9.17) is 15.2 Å². The van der Waals surface area contributed by atoms with E-state index in [1.807, 2.05) is 13.0 Å². The summed E-state index contributed by atoms with van der Waals surface area (Å²) in [6, 6.07) is 3.54. The van der Waals surface area contributed by atoms with Crippen LogP contribution in [0.25, 0.3) is 0 Å². The maximum absolute atomic E-state index is 11.9. The Labute approximate surface area is 102 Å². The predicted molar refractivity (Wildman–Crippen MR) is 66.9 cm³/mol. The first-order chi connectivity index (χ1) is 8.13. The van der Waals surface area contributed by atoms with E-state index in [0.717, 1.165) is 5.56 Å². The third-order valence-electron chi connectivity index (χ3n) is 2.64. The maximum atomic E-state index is 11.9. The lowest BCUT2D eigenvalue weighted by molar-refractivity contribution is 0.0980. The van der Waals surface area contributed by atoms with Crippen LogP contribution in [0.3, 0.4) is 0 Å². The zero-order valence-corrected chi connectivity index (χ0v) is 10.6. The third-order valence-corrected chi connectivity index (χ3v) is 2.64. The van der Waals surface area contributed by atoms with Crippen molar-refractivity contribution >= 4 is 5.78 Å². The molecule has 94 valence electrons. The summed E-state index contributed by atoms with van der Waals surface area (Å²) < 4.78 is 10.4. The van der Waals surface area contributed by atoms with Crippen LogP contribution in [0.4, 0.5) is 0 Å². The molecule has 17 heavy (non-hydrogen) atoms. The quantitative estimate of drug-likeness (QED) is 0.768. The van der Waals surface area contributed by atoms with Crippen molar-refractivity contribution in [3.8, 4) is 11.5 Å². The van der Waals surface area contributed by atoms with Crippen LogP contribution < -0.4 is 15.2 Å². The molecule has 4 nitrogen and oxygen atoms in total. The average Bonchev–Trinajstić information content (AvgIpc) is 2.35. The van der Waals surface area contributed by atoms with Gasteiger partial charge in [-0.15, -0.1) is 0 Å². The SMILES string of the molecule is COc1cc(C)c(C(=O)CCCN)cc1OC. The molecule has 1 aromatic carbocycles. The van der Waals surface area contributed by atoms with Crippen LogP contribution >= 0.6 is 0 Å². The Bertz CT molecular complexity index is 402. The molecule has 1 rings (SSSR count). The summed E-state index contributed by atoms with van der Waals surface area (Å²) in [6.07, 6.45) is 1.17. The number of aryl methyl sites for hydroxylation is 1. The summed E-state index contributed by atoms with van der Waals surface area (Å²) in [5.41, 5.74) is 6.97. The molecule has 1 aromatic rings. The number of carbonyl (C=O) groups is 1. The lowest BCUT2D eigenvalue weighted by Crippen LogP contribution is -2.07. The highest BCUT2D eigenvalue weighted by molar-refractivity contribution is 5.98. The monoisotopic (exact) mass is 237 g/mol. The minimum absolute atomic E-state index is 0.0916. The van der Waals surface area contributed by atoms with E-state index >= 15 is 0 Å². The van der Waals surface area contributed by atoms with Crippen LogP contribution in [-0.2, 0) is 0 Å². The van der Waals surface area contributed by atoms with Crippen LogP contribution in [0.1, 0.15) is 28.8 Å². The molecule has 0 aliphatic rings. The highest BCUT2D eigenvalue weighted by Gasteiger charge is 2.13. The molecule has 0 saturated carbocycles. The highest BCUT2D eigenvalue weighted by atomic mass is 16.5. The Kier molecular flexibility index (Phi) is 4.97. The molecule has 0 saturated heterocycles. The number of ether oxygens (including phenoxy) is 2. The summed E-state index contributed by atoms with van der Waals surface area (Å²) in [5, 5.41) is 0. The predicted octanol–water partition coefficient (Wildman–Crippen LogP) is 1.93. The molecular formula is C13H19NO3. The minimum Gasteiger partial charge on any atom is -0.493 e. The summed E-state index contributed by atoms with van der Waals surface area (Å²) in [4.78, 5) is 11.9. The number of benzene rings is 1. The number of hydrogen-bond acceptors (Lipinski definition) is 4. The second-order valence-corrected chi connectivity index (χ2v) is 3.84. The molecule has 0 amide bonds. The summed E-state index contributed by atoms with van der Waals surface area (Å²) in [6.45, 7) is 2.41. The van der Waals surface area contributed by atoms with E-state index in [2.05, 4.69) is 0 Å². The molecule has 0 radical (unpaired) electrons. The first-order valence-corrected chi connectivity index (χ1v) is 5.60. The summed E-state index contributed by atoms with van der Waals surface area (Å²) >= 11 is 0. The van der Waals surface area contributed by atoms with Gasteiger partial charge >= 0.3 is 0 Å². The number of nitrogens with two attached hydrogens (primary N) is 1. The van der Waals surface area contributed by atoms with Gasteiger partial charge in [0, 0.05) is 12.0 Å². The standard InChI is InChI=1S/C13H19NO3/c1-9-7-12(16-2)13(17-3)8-10(9)11(15)5-4-6-14/h7-8H,4-6,14H2,1-3H3. The number of rotatable bonds is 6. The molecule has 0 bridgehead atoms. The van der Waals surface area contributed by atoms with Gasteiger partial charge in [-0.25, -0.2) is 0 Å². The van der Waals surface area contributed by atoms with Gasteiger partial charge in [-0.1, -0.05) is 0 Å². The van der Waals surface area contributed by atoms with Crippen LogP contribution in [-0.4, -0.2) is 26.5 Å². The van der Waals surface area contributed by atoms with Gasteiger partial charge in [0.05, 0.1) is 14.2 Å². The van der Waals surface area contributed by atoms with E-state index in [0.29, 0.717) is 36.4 Å². The molecule has 0 unspecified atom stereocenters. The fraction of sp³-hybridized carbons (Fsp3) is 0.462. The summed E-state index contributed by atoms with van der Waals surface area (Å²) in [7, 11) is 3.13. The zero-order valence-electron chi connectivity index (χ0n) is 10.6. The second kappa shape index (κ2) is 6.25. The van der Waals surface area contributed by atoms with E-state index in [1.54, 1.807) is 20.3 Å². The smallest absolute Gasteiger partial charge is 0.163 e. The van der Waals surface area contributed by atoms with Crippen LogP contribution in [0, 0.1) is 6.92 Å². The lowest BCUT2D eigenvalue weighted by Gasteiger charge is -2.11. The van der Waals surface area contributed by atoms with Crippen LogP contribution in [0.5, 0.6) is 11.5 Å². The van der Waals surface area contributed by atoms with Crippen molar-refractivity contribution in [3.05, 3.63) is 23.3 Å². The van der Waals surface area contributed by atoms with Gasteiger partial charge in [-0.3, -0.25) is 4.79 Å². The number of hydrogen-bond donors (Lipinski definition) is 1. The van der Waals surface area contributed by atoms with Crippen molar-refractivity contribution in [2.75, 3.05) is 20.8 Å². The molecule has 0 spiro atoms. The molecule has 0 atom stereocenters. The van der Waals surface area contributed by atoms with Gasteiger partial charge in [0.1, 0.15) is 0 Å². The summed E-state index contributed by atoms with van der Waals surface area (Å²) in [5.74, 6) is 1.31. The number of Topliss-reactive ketones (excluding diaryl/α,β-unsaturated/α-hetero) is 1. The van der Waals surface area contributed by atoms with Gasteiger partial charge in [0.15, 0.2) is 17.3 Å². The first-order valence-electron chi connectivity index (χ1n) is 5.60. The van der Waals surface area contributed by atoms with E-state index in [1.165, 1.54) is 0 Å². The Morgan fingerprint density at radius 2 is 1.82 bits per heavy atom. The van der Waals surface area contributed by atoms with Gasteiger partial charge in [0.25, 0.3) is 0 Å². The van der Waals surface area contributed by atoms with E-state index < -0.39 is 0 Å². The van der Waals surface area contributed by atoms with Gasteiger partial charge < -0.3 is 15.2 Å². The second-order valence-electron chi connectivity index (χ2n) is 3.84. The van der Waals surface area contributed by atoms with Crippen molar-refractivity contribution in [1.29, 1.82) is 0 Å². The molecule has 2 N–H and O–H groups in total. The fourth-order valence-electron chi connectivity index (χ4n) is 1.68. The average molecular weight is 237 g/mol. The van der Waals surface area contributed by atoms with E-state index in [-0.39, 0.29) is 5.78 Å². The maximum Gasteiger partial charge on any atom is 0.163 e. The van der Waals surface area contributed by atoms with Crippen LogP contribution in [0.15, 0.2) is 12.1 Å². The number of ketones is 1. The normalized spacial score (nSPS) is 10.1. The Morgan fingerprint density at radius 3 is 2.35 bits per heavy atom. The van der Waals surface area contributed by atoms with Crippen molar-refractivity contribution in [1.82, 2.24) is 0 Å². The molecule has 0 aliphatic carbocycles. The highest BCUT2D eigenvalue weighted by Crippen LogP contribution is 2.30. The lowest BCUT2D eigenvalue weighted by atomic mass is 10.0. The minimum atomic E-state index is 0.0916. The molecular weight excluding hydrogens is 218 g/mol. The first kappa shape index (κ1) is 13.5. The Hall–Kier alpha value is -1.55. The molecule has 0 aromatic heterocycles. The molecule has 0 heterocycles. The molecule has 0 aliphatic heterocycles. The van der Waals surface area contributed by atoms with Gasteiger partial charge in [0.2, 0.25) is 0 Å². The van der Waals surface area contributed by atoms with Crippen molar-refractivity contribution in [2.45, 2.75) is 19.8 Å². The fourth-order valence-corrected chi connectivity index (χ4v) is 1.68. The van der Waals surface area contributed by atoms with Crippen molar-refractivity contribution in [3.63, 3.8) is 0 Å². The Morgan fingerprint density at radius 1 is 1.24 bits per heavy atom. The zero-order chi connectivity index (χ0) is 12.8. The number of methoxy groups -OCH3 is 2. The van der Waals surface area contributed by atoms with E-state index in [9.17, 15) is 4.79 Å². The molecule has 0 fully saturated rings. The molecule has 4 heteroatoms. The van der Waals surface area contributed by atoms with Crippen molar-refractivity contribution in [2.24, 2.45) is 5.73 Å². The van der Waals surface area contributed by atoms with Gasteiger partial charge in [-0.05, 0) is 37.6 Å². The third kappa shape index (κ3) is 3.20.